The maximum absolute atomic E-state index is 13.3. The van der Waals surface area contributed by atoms with Gasteiger partial charge in [-0.2, -0.15) is 0 Å². The molecule has 2 aliphatic rings. The predicted molar refractivity (Wildman–Crippen MR) is 107 cm³/mol. The Kier molecular flexibility index (Phi) is 3.56. The molecule has 7 heteroatoms. The number of carbonyl (C=O) groups excluding carboxylic acids is 1. The van der Waals surface area contributed by atoms with E-state index < -0.39 is 10.8 Å². The number of halogens is 1. The van der Waals surface area contributed by atoms with Gasteiger partial charge in [-0.25, -0.2) is 10.2 Å². The fraction of sp³-hybridized carbons (Fsp3) is 0.0952. The topological polar surface area (TPSA) is 72.2 Å². The lowest BCUT2D eigenvalue weighted by Crippen LogP contribution is -2.68. The molecule has 3 aromatic rings. The van der Waals surface area contributed by atoms with Gasteiger partial charge in [0.15, 0.2) is 17.6 Å². The number of benzene rings is 3. The van der Waals surface area contributed by atoms with Crippen LogP contribution in [-0.4, -0.2) is 10.8 Å². The number of quaternary nitrogens is 1. The summed E-state index contributed by atoms with van der Waals surface area (Å²) in [6.45, 7) is 0. The van der Waals surface area contributed by atoms with Gasteiger partial charge in [-0.15, -0.1) is 4.59 Å². The molecule has 1 N–H and O–H groups in total. The highest BCUT2D eigenvalue weighted by Gasteiger charge is 2.75. The van der Waals surface area contributed by atoms with Gasteiger partial charge in [-0.05, 0) is 24.3 Å². The molecule has 3 aromatic carbocycles. The monoisotopic (exact) mass is 392 g/mol. The number of nitrogens with zero attached hydrogens (tertiary/aromatic N) is 2. The van der Waals surface area contributed by atoms with Gasteiger partial charge < -0.3 is 0 Å². The summed E-state index contributed by atoms with van der Waals surface area (Å²) < 4.78 is -0.0797. The number of hydrogen-bond acceptors (Lipinski definition) is 4. The van der Waals surface area contributed by atoms with Crippen LogP contribution in [0.15, 0.2) is 72.8 Å². The minimum atomic E-state index is -0.426. The van der Waals surface area contributed by atoms with Crippen LogP contribution in [0.4, 0.5) is 17.1 Å². The smallest absolute Gasteiger partial charge is 0.258 e. The fourth-order valence-corrected chi connectivity index (χ4v) is 4.54. The number of nitro benzene ring substituents is 1. The van der Waals surface area contributed by atoms with Crippen molar-refractivity contribution in [2.75, 3.05) is 5.43 Å². The molecule has 2 heterocycles. The van der Waals surface area contributed by atoms with E-state index in [-0.39, 0.29) is 22.2 Å². The fourth-order valence-electron chi connectivity index (χ4n) is 4.41. The maximum Gasteiger partial charge on any atom is 0.357 e. The second-order valence-corrected chi connectivity index (χ2v) is 7.45. The van der Waals surface area contributed by atoms with Gasteiger partial charge in [0.2, 0.25) is 0 Å². The first-order valence-electron chi connectivity index (χ1n) is 8.83. The Morgan fingerprint density at radius 1 is 1.00 bits per heavy atom. The minimum Gasteiger partial charge on any atom is -0.258 e. The van der Waals surface area contributed by atoms with E-state index in [0.717, 1.165) is 22.5 Å². The van der Waals surface area contributed by atoms with E-state index in [1.165, 1.54) is 12.1 Å². The van der Waals surface area contributed by atoms with E-state index in [1.807, 2.05) is 42.5 Å². The number of β-lactam (4-membered cyclic amide) rings is 1. The van der Waals surface area contributed by atoms with Crippen molar-refractivity contribution >= 4 is 34.6 Å². The lowest BCUT2D eigenvalue weighted by molar-refractivity contribution is -0.384. The Labute approximate surface area is 165 Å². The Hall–Kier alpha value is -3.22. The summed E-state index contributed by atoms with van der Waals surface area (Å²) in [4.78, 5) is 24.1. The third-order valence-electron chi connectivity index (χ3n) is 5.57. The lowest BCUT2D eigenvalue weighted by Gasteiger charge is -2.45. The number of rotatable bonds is 4. The molecule has 1 saturated heterocycles. The zero-order valence-corrected chi connectivity index (χ0v) is 15.3. The summed E-state index contributed by atoms with van der Waals surface area (Å²) in [7, 11) is 0. The molecule has 0 aliphatic carbocycles. The third kappa shape index (κ3) is 2.16. The average molecular weight is 393 g/mol. The Morgan fingerprint density at radius 2 is 1.71 bits per heavy atom. The summed E-state index contributed by atoms with van der Waals surface area (Å²) in [5, 5.41) is 11.9. The molecule has 0 radical (unpaired) electrons. The van der Waals surface area contributed by atoms with Gasteiger partial charge >= 0.3 is 5.91 Å². The first-order chi connectivity index (χ1) is 13.5. The standard InChI is InChI=1S/C21H15ClN3O3/c22-14-6-8-15(9-7-14)23-25-18-11-10-16(24(27)28)12-17(18)19(21(25)26)20(25)13-4-2-1-3-5-13/h1-12,19-20,23H/q+1. The summed E-state index contributed by atoms with van der Waals surface area (Å²) >= 11 is 5.99. The highest BCUT2D eigenvalue weighted by atomic mass is 35.5. The zero-order chi connectivity index (χ0) is 19.5. The van der Waals surface area contributed by atoms with E-state index in [2.05, 4.69) is 5.43 Å². The lowest BCUT2D eigenvalue weighted by atomic mass is 9.83. The molecule has 5 rings (SSSR count). The van der Waals surface area contributed by atoms with Crippen LogP contribution in [0.5, 0.6) is 0 Å². The number of carbonyl (C=O) groups is 1. The van der Waals surface area contributed by atoms with Crippen molar-refractivity contribution in [3.05, 3.63) is 99.1 Å². The first-order valence-corrected chi connectivity index (χ1v) is 9.21. The molecule has 3 atom stereocenters. The Morgan fingerprint density at radius 3 is 2.39 bits per heavy atom. The van der Waals surface area contributed by atoms with Crippen LogP contribution in [0.25, 0.3) is 0 Å². The number of non-ortho nitro benzene ring substituents is 1. The van der Waals surface area contributed by atoms with Crippen LogP contribution in [0.3, 0.4) is 0 Å². The summed E-state index contributed by atoms with van der Waals surface area (Å²) in [5.41, 5.74) is 6.60. The Balaban J connectivity index is 1.68. The van der Waals surface area contributed by atoms with Crippen molar-refractivity contribution in [2.45, 2.75) is 12.0 Å². The van der Waals surface area contributed by atoms with Gasteiger partial charge in [0.25, 0.3) is 5.69 Å². The molecule has 2 bridgehead atoms. The molecular formula is C21H15ClN3O3+. The van der Waals surface area contributed by atoms with Crippen molar-refractivity contribution in [2.24, 2.45) is 0 Å². The van der Waals surface area contributed by atoms with Crippen LogP contribution in [0.1, 0.15) is 23.1 Å². The number of fused-ring (bicyclic) bond motifs is 5. The van der Waals surface area contributed by atoms with Crippen LogP contribution in [-0.2, 0) is 4.79 Å². The highest BCUT2D eigenvalue weighted by molar-refractivity contribution is 6.30. The molecule has 1 amide bonds. The van der Waals surface area contributed by atoms with Crippen LogP contribution < -0.4 is 10.0 Å². The Bertz CT molecular complexity index is 1120. The quantitative estimate of drug-likeness (QED) is 0.295. The molecule has 3 unspecified atom stereocenters. The van der Waals surface area contributed by atoms with Crippen molar-refractivity contribution in [1.82, 2.24) is 4.59 Å². The van der Waals surface area contributed by atoms with Gasteiger partial charge in [-0.3, -0.25) is 10.1 Å². The van der Waals surface area contributed by atoms with Crippen molar-refractivity contribution in [3.8, 4) is 0 Å². The van der Waals surface area contributed by atoms with E-state index in [0.29, 0.717) is 5.02 Å². The molecule has 2 aliphatic heterocycles. The van der Waals surface area contributed by atoms with Crippen molar-refractivity contribution in [1.29, 1.82) is 0 Å². The minimum absolute atomic E-state index is 0.00300. The van der Waals surface area contributed by atoms with Crippen LogP contribution in [0.2, 0.25) is 5.02 Å². The number of amides is 1. The third-order valence-corrected chi connectivity index (χ3v) is 5.83. The molecule has 0 aromatic heterocycles. The normalized spacial score (nSPS) is 24.4. The van der Waals surface area contributed by atoms with Crippen molar-refractivity contribution in [3.63, 3.8) is 0 Å². The van der Waals surface area contributed by atoms with E-state index in [4.69, 9.17) is 11.6 Å². The van der Waals surface area contributed by atoms with E-state index in [9.17, 15) is 14.9 Å². The zero-order valence-electron chi connectivity index (χ0n) is 14.6. The number of hydrogen-bond donors (Lipinski definition) is 1. The number of anilines is 1. The SMILES string of the molecule is O=C1C2c3cc([N+](=O)[O-])ccc3[N+]1(Nc1ccc(Cl)cc1)C2c1ccccc1. The maximum atomic E-state index is 13.3. The van der Waals surface area contributed by atoms with Crippen LogP contribution >= 0.6 is 11.6 Å². The van der Waals surface area contributed by atoms with E-state index >= 15 is 0 Å². The second-order valence-electron chi connectivity index (χ2n) is 7.01. The van der Waals surface area contributed by atoms with E-state index in [1.54, 1.807) is 18.2 Å². The van der Waals surface area contributed by atoms with Gasteiger partial charge in [0, 0.05) is 34.3 Å². The summed E-state index contributed by atoms with van der Waals surface area (Å²) in [5.74, 6) is -0.420. The average Bonchev–Trinajstić information content (AvgIpc) is 3.13. The number of nitrogens with one attached hydrogen (secondary N) is 1. The molecule has 1 fully saturated rings. The number of nitro groups is 1. The van der Waals surface area contributed by atoms with Gasteiger partial charge in [-0.1, -0.05) is 41.9 Å². The van der Waals surface area contributed by atoms with Gasteiger partial charge in [0.05, 0.1) is 10.6 Å². The van der Waals surface area contributed by atoms with Crippen molar-refractivity contribution < 1.29 is 9.72 Å². The second kappa shape index (κ2) is 5.89. The largest absolute Gasteiger partial charge is 0.357 e. The molecule has 0 spiro atoms. The first kappa shape index (κ1) is 16.9. The molecule has 6 nitrogen and oxygen atoms in total. The molecule has 0 saturated carbocycles. The predicted octanol–water partition coefficient (Wildman–Crippen LogP) is 4.96. The highest BCUT2D eigenvalue weighted by Crippen LogP contribution is 2.64. The summed E-state index contributed by atoms with van der Waals surface area (Å²) in [6, 6.07) is 21.4. The molecule has 138 valence electrons. The van der Waals surface area contributed by atoms with Crippen LogP contribution in [0, 0.1) is 10.1 Å². The van der Waals surface area contributed by atoms with Gasteiger partial charge in [0.1, 0.15) is 0 Å². The molecule has 28 heavy (non-hydrogen) atoms. The summed E-state index contributed by atoms with van der Waals surface area (Å²) in [6.07, 6.45) is 0. The molecular weight excluding hydrogens is 378 g/mol.